The summed E-state index contributed by atoms with van der Waals surface area (Å²) in [6.45, 7) is 5.43. The van der Waals surface area contributed by atoms with E-state index in [0.717, 1.165) is 24.5 Å². The molecule has 2 fully saturated rings. The molecule has 2 aliphatic heterocycles. The first-order valence-electron chi connectivity index (χ1n) is 9.21. The molecule has 6 nitrogen and oxygen atoms in total. The quantitative estimate of drug-likeness (QED) is 0.755. The molecule has 1 aromatic carbocycles. The summed E-state index contributed by atoms with van der Waals surface area (Å²) in [7, 11) is 1.94. The van der Waals surface area contributed by atoms with Gasteiger partial charge in [-0.3, -0.25) is 9.80 Å². The summed E-state index contributed by atoms with van der Waals surface area (Å²) in [5.74, 6) is 0.891. The molecule has 0 bridgehead atoms. The number of hydrogen-bond donors (Lipinski definition) is 2. The molecule has 2 heterocycles. The third-order valence-electron chi connectivity index (χ3n) is 5.16. The Morgan fingerprint density at radius 3 is 2.60 bits per heavy atom. The topological polar surface area (TPSA) is 65.4 Å². The van der Waals surface area contributed by atoms with Crippen molar-refractivity contribution < 1.29 is 19.7 Å². The van der Waals surface area contributed by atoms with Gasteiger partial charge in [-0.1, -0.05) is 12.1 Å². The van der Waals surface area contributed by atoms with Crippen molar-refractivity contribution in [2.75, 3.05) is 46.5 Å². The van der Waals surface area contributed by atoms with Crippen LogP contribution in [-0.2, 0) is 11.3 Å². The van der Waals surface area contributed by atoms with Gasteiger partial charge in [0.05, 0.1) is 25.4 Å². The minimum Gasteiger partial charge on any atom is -0.492 e. The molecule has 140 valence electrons. The summed E-state index contributed by atoms with van der Waals surface area (Å²) in [6, 6.07) is 7.90. The third-order valence-corrected chi connectivity index (χ3v) is 5.16. The first kappa shape index (κ1) is 18.6. The zero-order valence-corrected chi connectivity index (χ0v) is 15.0. The van der Waals surface area contributed by atoms with Gasteiger partial charge in [0.2, 0.25) is 0 Å². The van der Waals surface area contributed by atoms with Crippen molar-refractivity contribution in [3.8, 4) is 5.75 Å². The molecule has 0 radical (unpaired) electrons. The van der Waals surface area contributed by atoms with E-state index in [4.69, 9.17) is 9.47 Å². The highest BCUT2D eigenvalue weighted by atomic mass is 16.5. The third kappa shape index (κ3) is 5.15. The Hall–Kier alpha value is -1.18. The Kier molecular flexibility index (Phi) is 6.67. The van der Waals surface area contributed by atoms with Crippen LogP contribution in [0.1, 0.15) is 18.4 Å². The molecule has 2 saturated heterocycles. The van der Waals surface area contributed by atoms with Crippen molar-refractivity contribution in [1.82, 2.24) is 9.80 Å². The lowest BCUT2D eigenvalue weighted by atomic mass is 10.0. The van der Waals surface area contributed by atoms with Crippen LogP contribution < -0.4 is 4.74 Å². The molecule has 0 aliphatic carbocycles. The summed E-state index contributed by atoms with van der Waals surface area (Å²) < 4.78 is 11.2. The normalized spacial score (nSPS) is 27.8. The van der Waals surface area contributed by atoms with Crippen LogP contribution in [0.4, 0.5) is 0 Å². The fourth-order valence-corrected chi connectivity index (χ4v) is 3.55. The number of nitrogens with zero attached hydrogens (tertiary/aromatic N) is 2. The second-order valence-corrected chi connectivity index (χ2v) is 7.12. The Balaban J connectivity index is 1.45. The van der Waals surface area contributed by atoms with Crippen LogP contribution in [0, 0.1) is 0 Å². The van der Waals surface area contributed by atoms with Gasteiger partial charge in [0.15, 0.2) is 0 Å². The van der Waals surface area contributed by atoms with E-state index >= 15 is 0 Å². The van der Waals surface area contributed by atoms with E-state index in [9.17, 15) is 10.2 Å². The predicted molar refractivity (Wildman–Crippen MR) is 95.7 cm³/mol. The molecule has 1 aromatic rings. The molecule has 0 unspecified atom stereocenters. The van der Waals surface area contributed by atoms with Gasteiger partial charge in [-0.05, 0) is 50.7 Å². The molecule has 0 saturated carbocycles. The molecule has 3 rings (SSSR count). The van der Waals surface area contributed by atoms with Gasteiger partial charge in [-0.25, -0.2) is 0 Å². The predicted octanol–water partition coefficient (Wildman–Crippen LogP) is 0.714. The first-order valence-corrected chi connectivity index (χ1v) is 9.21. The maximum Gasteiger partial charge on any atom is 0.119 e. The highest BCUT2D eigenvalue weighted by Crippen LogP contribution is 2.18. The SMILES string of the molecule is CN(Cc1ccc(OCCN2CCCC2)cc1)[C@@H]1COC[C@@H](O)[C@H]1O. The average Bonchev–Trinajstić information content (AvgIpc) is 3.12. The fraction of sp³-hybridized carbons (Fsp3) is 0.684. The zero-order chi connectivity index (χ0) is 17.6. The molecule has 2 aliphatic rings. The maximum atomic E-state index is 10.1. The number of hydrogen-bond acceptors (Lipinski definition) is 6. The molecule has 3 atom stereocenters. The first-order chi connectivity index (χ1) is 12.1. The van der Waals surface area contributed by atoms with Crippen molar-refractivity contribution in [1.29, 1.82) is 0 Å². The van der Waals surface area contributed by atoms with E-state index in [2.05, 4.69) is 4.90 Å². The standard InChI is InChI=1S/C19H30N2O4/c1-20(17-13-24-14-18(22)19(17)23)12-15-4-6-16(7-5-15)25-11-10-21-8-2-3-9-21/h4-7,17-19,22-23H,2-3,8-14H2,1H3/t17-,18-,19+/m1/s1. The molecular weight excluding hydrogens is 320 g/mol. The van der Waals surface area contributed by atoms with E-state index in [-0.39, 0.29) is 12.6 Å². The number of aliphatic hydroxyl groups excluding tert-OH is 2. The zero-order valence-electron chi connectivity index (χ0n) is 15.0. The van der Waals surface area contributed by atoms with Crippen molar-refractivity contribution in [2.45, 2.75) is 37.6 Å². The summed E-state index contributed by atoms with van der Waals surface area (Å²) in [6.07, 6.45) is 1.03. The minimum absolute atomic E-state index is 0.194. The van der Waals surface area contributed by atoms with E-state index in [1.165, 1.54) is 25.9 Å². The highest BCUT2D eigenvalue weighted by Gasteiger charge is 2.33. The molecule has 2 N–H and O–H groups in total. The minimum atomic E-state index is -0.812. The summed E-state index contributed by atoms with van der Waals surface area (Å²) >= 11 is 0. The van der Waals surface area contributed by atoms with Gasteiger partial charge < -0.3 is 19.7 Å². The van der Waals surface area contributed by atoms with Crippen LogP contribution in [0.25, 0.3) is 0 Å². The van der Waals surface area contributed by atoms with Gasteiger partial charge in [0.1, 0.15) is 18.5 Å². The Bertz CT molecular complexity index is 519. The summed E-state index contributed by atoms with van der Waals surface area (Å²) in [5.41, 5.74) is 1.14. The summed E-state index contributed by atoms with van der Waals surface area (Å²) in [4.78, 5) is 4.46. The van der Waals surface area contributed by atoms with E-state index in [1.807, 2.05) is 36.2 Å². The largest absolute Gasteiger partial charge is 0.492 e. The van der Waals surface area contributed by atoms with Crippen molar-refractivity contribution in [3.05, 3.63) is 29.8 Å². The lowest BCUT2D eigenvalue weighted by molar-refractivity contribution is -0.129. The molecule has 25 heavy (non-hydrogen) atoms. The number of likely N-dealkylation sites (N-methyl/N-ethyl adjacent to an activating group) is 1. The Morgan fingerprint density at radius 1 is 1.16 bits per heavy atom. The average molecular weight is 350 g/mol. The second kappa shape index (κ2) is 8.96. The van der Waals surface area contributed by atoms with Gasteiger partial charge in [0.25, 0.3) is 0 Å². The summed E-state index contributed by atoms with van der Waals surface area (Å²) in [5, 5.41) is 19.9. The Labute approximate surface area is 149 Å². The van der Waals surface area contributed by atoms with Gasteiger partial charge in [-0.2, -0.15) is 0 Å². The lowest BCUT2D eigenvalue weighted by Crippen LogP contribution is -2.54. The molecular formula is C19H30N2O4. The van der Waals surface area contributed by atoms with Crippen LogP contribution in [0.2, 0.25) is 0 Å². The van der Waals surface area contributed by atoms with Crippen LogP contribution >= 0.6 is 0 Å². The molecule has 0 spiro atoms. The number of rotatable bonds is 7. The number of ether oxygens (including phenoxy) is 2. The lowest BCUT2D eigenvalue weighted by Gasteiger charge is -2.37. The van der Waals surface area contributed by atoms with Gasteiger partial charge in [0, 0.05) is 13.1 Å². The van der Waals surface area contributed by atoms with Gasteiger partial charge >= 0.3 is 0 Å². The van der Waals surface area contributed by atoms with E-state index in [1.54, 1.807) is 0 Å². The number of likely N-dealkylation sites (tertiary alicyclic amines) is 1. The van der Waals surface area contributed by atoms with Crippen molar-refractivity contribution >= 4 is 0 Å². The van der Waals surface area contributed by atoms with Crippen LogP contribution in [-0.4, -0.2) is 84.8 Å². The smallest absolute Gasteiger partial charge is 0.119 e. The van der Waals surface area contributed by atoms with E-state index in [0.29, 0.717) is 13.2 Å². The molecule has 0 aromatic heterocycles. The van der Waals surface area contributed by atoms with Crippen molar-refractivity contribution in [2.24, 2.45) is 0 Å². The molecule has 0 amide bonds. The Morgan fingerprint density at radius 2 is 1.88 bits per heavy atom. The monoisotopic (exact) mass is 350 g/mol. The van der Waals surface area contributed by atoms with Crippen molar-refractivity contribution in [3.63, 3.8) is 0 Å². The molecule has 6 heteroatoms. The number of benzene rings is 1. The maximum absolute atomic E-state index is 10.1. The van der Waals surface area contributed by atoms with E-state index < -0.39 is 12.2 Å². The second-order valence-electron chi connectivity index (χ2n) is 7.12. The van der Waals surface area contributed by atoms with Crippen LogP contribution in [0.5, 0.6) is 5.75 Å². The van der Waals surface area contributed by atoms with Gasteiger partial charge in [-0.15, -0.1) is 0 Å². The number of aliphatic hydroxyl groups is 2. The highest BCUT2D eigenvalue weighted by molar-refractivity contribution is 5.27. The fourth-order valence-electron chi connectivity index (χ4n) is 3.55. The van der Waals surface area contributed by atoms with Crippen LogP contribution in [0.15, 0.2) is 24.3 Å². The van der Waals surface area contributed by atoms with Crippen LogP contribution in [0.3, 0.4) is 0 Å².